The minimum absolute atomic E-state index is 0.000906. The molecule has 0 radical (unpaired) electrons. The Hall–Kier alpha value is -3.63. The second-order valence-electron chi connectivity index (χ2n) is 13.1. The number of benzene rings is 2. The van der Waals surface area contributed by atoms with Gasteiger partial charge in [-0.05, 0) is 53.6 Å². The predicted molar refractivity (Wildman–Crippen MR) is 196 cm³/mol. The lowest BCUT2D eigenvalue weighted by Crippen LogP contribution is -2.40. The summed E-state index contributed by atoms with van der Waals surface area (Å²) < 4.78 is 16.9. The summed E-state index contributed by atoms with van der Waals surface area (Å²) >= 11 is 1.54. The SMILES string of the molecule is CCCCCCCOc1ccc(-c2cnc(-c3ccc(C[C@@H](COCNCCOC)NC(=O)c4ccc(C(C)(C)C)s4)cc3)nc2)cc1. The molecule has 258 valence electrons. The van der Waals surface area contributed by atoms with Crippen molar-refractivity contribution in [3.63, 3.8) is 0 Å². The quantitative estimate of drug-likeness (QED) is 0.0724. The van der Waals surface area contributed by atoms with Crippen molar-refractivity contribution in [2.75, 3.05) is 40.2 Å². The molecule has 48 heavy (non-hydrogen) atoms. The van der Waals surface area contributed by atoms with E-state index < -0.39 is 0 Å². The fraction of sp³-hybridized carbons (Fsp3) is 0.462. The van der Waals surface area contributed by atoms with Gasteiger partial charge in [-0.1, -0.05) is 89.8 Å². The number of carbonyl (C=O) groups is 1. The lowest BCUT2D eigenvalue weighted by atomic mass is 9.95. The lowest BCUT2D eigenvalue weighted by Gasteiger charge is -2.19. The maximum atomic E-state index is 13.2. The second kappa shape index (κ2) is 19.4. The molecule has 1 amide bonds. The van der Waals surface area contributed by atoms with E-state index >= 15 is 0 Å². The zero-order chi connectivity index (χ0) is 34.2. The van der Waals surface area contributed by atoms with Crippen LogP contribution >= 0.6 is 11.3 Å². The van der Waals surface area contributed by atoms with Gasteiger partial charge in [-0.15, -0.1) is 11.3 Å². The average Bonchev–Trinajstić information content (AvgIpc) is 3.61. The van der Waals surface area contributed by atoms with Gasteiger partial charge in [0.2, 0.25) is 0 Å². The van der Waals surface area contributed by atoms with E-state index in [1.165, 1.54) is 41.9 Å². The summed E-state index contributed by atoms with van der Waals surface area (Å²) in [6.07, 6.45) is 10.5. The van der Waals surface area contributed by atoms with Crippen LogP contribution in [0.25, 0.3) is 22.5 Å². The first kappa shape index (κ1) is 37.2. The first-order chi connectivity index (χ1) is 23.3. The van der Waals surface area contributed by atoms with Crippen LogP contribution in [0.1, 0.15) is 79.9 Å². The van der Waals surface area contributed by atoms with E-state index in [0.29, 0.717) is 43.6 Å². The Morgan fingerprint density at radius 2 is 1.56 bits per heavy atom. The number of nitrogens with zero attached hydrogens (tertiary/aromatic N) is 2. The van der Waals surface area contributed by atoms with E-state index in [1.807, 2.05) is 48.8 Å². The van der Waals surface area contributed by atoms with Crippen LogP contribution in [-0.2, 0) is 21.3 Å². The predicted octanol–water partition coefficient (Wildman–Crippen LogP) is 8.07. The highest BCUT2D eigenvalue weighted by Crippen LogP contribution is 2.29. The number of rotatable bonds is 20. The van der Waals surface area contributed by atoms with Crippen LogP contribution in [0, 0.1) is 0 Å². The maximum Gasteiger partial charge on any atom is 0.261 e. The molecular weight excluding hydrogens is 621 g/mol. The summed E-state index contributed by atoms with van der Waals surface area (Å²) in [7, 11) is 1.67. The highest BCUT2D eigenvalue weighted by Gasteiger charge is 2.21. The summed E-state index contributed by atoms with van der Waals surface area (Å²) in [6.45, 7) is 11.5. The van der Waals surface area contributed by atoms with Crippen LogP contribution in [0.3, 0.4) is 0 Å². The number of thiophene rings is 1. The maximum absolute atomic E-state index is 13.2. The van der Waals surface area contributed by atoms with E-state index in [4.69, 9.17) is 14.2 Å². The number of amides is 1. The fourth-order valence-corrected chi connectivity index (χ4v) is 6.10. The summed E-state index contributed by atoms with van der Waals surface area (Å²) in [5.74, 6) is 1.47. The molecular formula is C39H52N4O4S. The molecule has 0 saturated carbocycles. The van der Waals surface area contributed by atoms with Crippen LogP contribution in [0.15, 0.2) is 73.1 Å². The Labute approximate surface area is 290 Å². The van der Waals surface area contributed by atoms with Crippen molar-refractivity contribution in [2.24, 2.45) is 0 Å². The Morgan fingerprint density at radius 1 is 0.854 bits per heavy atom. The first-order valence-electron chi connectivity index (χ1n) is 17.1. The number of aromatic nitrogens is 2. The monoisotopic (exact) mass is 672 g/mol. The molecule has 0 aliphatic heterocycles. The third-order valence-electron chi connectivity index (χ3n) is 7.96. The number of nitrogens with one attached hydrogen (secondary N) is 2. The minimum Gasteiger partial charge on any atom is -0.494 e. The lowest BCUT2D eigenvalue weighted by molar-refractivity contribution is 0.0768. The second-order valence-corrected chi connectivity index (χ2v) is 14.2. The molecule has 2 heterocycles. The van der Waals surface area contributed by atoms with Gasteiger partial charge in [-0.25, -0.2) is 9.97 Å². The molecule has 4 rings (SSSR count). The van der Waals surface area contributed by atoms with Crippen molar-refractivity contribution < 1.29 is 19.0 Å². The van der Waals surface area contributed by atoms with Gasteiger partial charge in [0.1, 0.15) is 5.75 Å². The number of carbonyl (C=O) groups excluding carboxylic acids is 1. The van der Waals surface area contributed by atoms with Gasteiger partial charge in [-0.2, -0.15) is 0 Å². The number of ether oxygens (including phenoxy) is 3. The van der Waals surface area contributed by atoms with E-state index in [0.717, 1.165) is 41.0 Å². The summed E-state index contributed by atoms with van der Waals surface area (Å²) in [4.78, 5) is 24.4. The third kappa shape index (κ3) is 12.1. The highest BCUT2D eigenvalue weighted by atomic mass is 32.1. The molecule has 0 aliphatic carbocycles. The van der Waals surface area contributed by atoms with Gasteiger partial charge in [0.25, 0.3) is 5.91 Å². The van der Waals surface area contributed by atoms with E-state index in [2.05, 4.69) is 72.6 Å². The molecule has 2 aromatic heterocycles. The molecule has 8 nitrogen and oxygen atoms in total. The van der Waals surface area contributed by atoms with Crippen LogP contribution in [-0.4, -0.2) is 62.1 Å². The number of unbranched alkanes of at least 4 members (excludes halogenated alkanes) is 4. The van der Waals surface area contributed by atoms with Gasteiger partial charge >= 0.3 is 0 Å². The number of methoxy groups -OCH3 is 1. The highest BCUT2D eigenvalue weighted by molar-refractivity contribution is 7.14. The Bertz CT molecular complexity index is 1500. The third-order valence-corrected chi connectivity index (χ3v) is 9.47. The molecule has 4 aromatic rings. The van der Waals surface area contributed by atoms with Crippen LogP contribution < -0.4 is 15.4 Å². The minimum atomic E-state index is -0.203. The van der Waals surface area contributed by atoms with Gasteiger partial charge in [-0.3, -0.25) is 10.1 Å². The topological polar surface area (TPSA) is 94.6 Å². The van der Waals surface area contributed by atoms with Crippen molar-refractivity contribution >= 4 is 17.2 Å². The molecule has 0 aliphatic rings. The smallest absolute Gasteiger partial charge is 0.261 e. The summed E-state index contributed by atoms with van der Waals surface area (Å²) in [5.41, 5.74) is 4.02. The summed E-state index contributed by atoms with van der Waals surface area (Å²) in [5, 5.41) is 6.39. The molecule has 0 fully saturated rings. The van der Waals surface area contributed by atoms with Gasteiger partial charge in [0.15, 0.2) is 5.82 Å². The normalized spacial score (nSPS) is 12.2. The standard InChI is InChI=1S/C39H52N4O4S/c1-6-7-8-9-10-22-47-34-17-15-30(16-18-34)32-25-41-37(42-26-32)31-13-11-29(12-14-31)24-33(27-46-28-40-21-23-45-5)43-38(44)35-19-20-36(48-35)39(2,3)4/h11-20,25-26,33,40H,6-10,21-24,27-28H2,1-5H3,(H,43,44)/t33-/m0/s1. The molecule has 9 heteroatoms. The zero-order valence-electron chi connectivity index (χ0n) is 29.2. The van der Waals surface area contributed by atoms with Crippen molar-refractivity contribution in [1.82, 2.24) is 20.6 Å². The molecule has 0 bridgehead atoms. The molecule has 2 aromatic carbocycles. The van der Waals surface area contributed by atoms with Gasteiger partial charge in [0.05, 0.1) is 37.5 Å². The van der Waals surface area contributed by atoms with Crippen LogP contribution in [0.4, 0.5) is 0 Å². The van der Waals surface area contributed by atoms with E-state index in [1.54, 1.807) is 7.11 Å². The van der Waals surface area contributed by atoms with E-state index in [9.17, 15) is 4.79 Å². The number of hydrogen-bond donors (Lipinski definition) is 2. The Morgan fingerprint density at radius 3 is 2.23 bits per heavy atom. The van der Waals surface area contributed by atoms with Crippen molar-refractivity contribution in [1.29, 1.82) is 0 Å². The van der Waals surface area contributed by atoms with Crippen molar-refractivity contribution in [3.8, 4) is 28.3 Å². The van der Waals surface area contributed by atoms with E-state index in [-0.39, 0.29) is 17.4 Å². The zero-order valence-corrected chi connectivity index (χ0v) is 30.0. The van der Waals surface area contributed by atoms with Crippen molar-refractivity contribution in [2.45, 2.75) is 77.7 Å². The largest absolute Gasteiger partial charge is 0.494 e. The van der Waals surface area contributed by atoms with Crippen LogP contribution in [0.2, 0.25) is 0 Å². The van der Waals surface area contributed by atoms with Gasteiger partial charge < -0.3 is 19.5 Å². The first-order valence-corrected chi connectivity index (χ1v) is 17.9. The fourth-order valence-electron chi connectivity index (χ4n) is 5.13. The average molecular weight is 673 g/mol. The molecule has 1 atom stereocenters. The Balaban J connectivity index is 1.34. The molecule has 0 spiro atoms. The van der Waals surface area contributed by atoms with Gasteiger partial charge in [0, 0.05) is 42.1 Å². The number of hydrogen-bond acceptors (Lipinski definition) is 8. The molecule has 2 N–H and O–H groups in total. The Kier molecular flexibility index (Phi) is 15.0. The summed E-state index contributed by atoms with van der Waals surface area (Å²) in [6, 6.07) is 20.1. The molecule has 0 saturated heterocycles. The van der Waals surface area contributed by atoms with Crippen molar-refractivity contribution in [3.05, 3.63) is 88.4 Å². The van der Waals surface area contributed by atoms with Crippen LogP contribution in [0.5, 0.6) is 5.75 Å². The molecule has 0 unspecified atom stereocenters.